The van der Waals surface area contributed by atoms with Crippen LogP contribution in [-0.4, -0.2) is 33.2 Å². The number of benzene rings is 1. The summed E-state index contributed by atoms with van der Waals surface area (Å²) >= 11 is 0. The molecule has 0 radical (unpaired) electrons. The van der Waals surface area contributed by atoms with Crippen LogP contribution in [0.5, 0.6) is 0 Å². The van der Waals surface area contributed by atoms with Crippen LogP contribution in [0.15, 0.2) is 58.0 Å². The molecule has 26 heavy (non-hydrogen) atoms. The minimum atomic E-state index is -0.908. The zero-order valence-corrected chi connectivity index (χ0v) is 15.1. The number of esters is 1. The van der Waals surface area contributed by atoms with E-state index in [4.69, 9.17) is 9.72 Å². The zero-order chi connectivity index (χ0) is 18.1. The summed E-state index contributed by atoms with van der Waals surface area (Å²) in [6.45, 7) is 1.91. The number of thiol groups is 1. The molecule has 0 fully saturated rings. The number of hydrogen-bond acceptors (Lipinski definition) is 6. The van der Waals surface area contributed by atoms with E-state index in [0.717, 1.165) is 22.4 Å². The number of para-hydroxylation sites is 1. The first-order chi connectivity index (χ1) is 12.6. The Labute approximate surface area is 152 Å². The highest BCUT2D eigenvalue weighted by molar-refractivity contribution is 8.22. The largest absolute Gasteiger partial charge is 0.465 e. The Morgan fingerprint density at radius 3 is 2.88 bits per heavy atom. The molecule has 0 spiro atoms. The summed E-state index contributed by atoms with van der Waals surface area (Å²) in [4.78, 5) is 21.1. The molecule has 1 unspecified atom stereocenters. The van der Waals surface area contributed by atoms with Crippen molar-refractivity contribution in [1.82, 2.24) is 20.2 Å². The van der Waals surface area contributed by atoms with Crippen molar-refractivity contribution in [2.45, 2.75) is 12.1 Å². The van der Waals surface area contributed by atoms with Crippen LogP contribution in [0, 0.1) is 6.92 Å². The average Bonchev–Trinajstić information content (AvgIpc) is 3.30. The molecule has 2 aromatic heterocycles. The van der Waals surface area contributed by atoms with Gasteiger partial charge in [0.25, 0.3) is 0 Å². The Bertz CT molecular complexity index is 1060. The summed E-state index contributed by atoms with van der Waals surface area (Å²) in [6.07, 6.45) is 1.77. The standard InChI is InChI=1S/C18H17N5O2S/c1-11-9-15(23-22-11)20-16-13-5-3-4-6-14(13)19-18(21-16)26-8-7-12(10-26)17(24)25-2/h3-10,26H,1-2H3,(H2,19,20,21,22,23). The number of hydrogen-bond donors (Lipinski definition) is 3. The number of aromatic amines is 1. The number of aryl methyl sites for hydroxylation is 1. The van der Waals surface area contributed by atoms with E-state index in [1.807, 2.05) is 48.1 Å². The number of H-pyrrole nitrogens is 1. The molecule has 2 N–H and O–H groups in total. The molecular formula is C18H17N5O2S. The second kappa shape index (κ2) is 6.64. The first kappa shape index (κ1) is 16.3. The molecule has 8 heteroatoms. The van der Waals surface area contributed by atoms with E-state index in [1.54, 1.807) is 6.08 Å². The predicted molar refractivity (Wildman–Crippen MR) is 103 cm³/mol. The molecule has 132 valence electrons. The quantitative estimate of drug-likeness (QED) is 0.372. The Morgan fingerprint density at radius 2 is 2.12 bits per heavy atom. The summed E-state index contributed by atoms with van der Waals surface area (Å²) in [7, 11) is 0.466. The van der Waals surface area contributed by atoms with Crippen LogP contribution in [-0.2, 0) is 9.53 Å². The SMILES string of the molecule is COC(=O)C1=C[SH](c2nc(Nc3cc(C)n[nH]3)c3ccccc3n2)C=C1. The van der Waals surface area contributed by atoms with Gasteiger partial charge in [0.2, 0.25) is 0 Å². The molecular weight excluding hydrogens is 350 g/mol. The van der Waals surface area contributed by atoms with Crippen molar-refractivity contribution < 1.29 is 9.53 Å². The number of anilines is 2. The highest BCUT2D eigenvalue weighted by Gasteiger charge is 2.18. The Hall–Kier alpha value is -3.13. The minimum absolute atomic E-state index is 0.349. The van der Waals surface area contributed by atoms with Gasteiger partial charge in [-0.15, -0.1) is 0 Å². The van der Waals surface area contributed by atoms with Gasteiger partial charge < -0.3 is 10.1 Å². The van der Waals surface area contributed by atoms with E-state index in [-0.39, 0.29) is 5.97 Å². The molecule has 1 atom stereocenters. The van der Waals surface area contributed by atoms with Crippen molar-refractivity contribution in [1.29, 1.82) is 0 Å². The number of ether oxygens (including phenoxy) is 1. The molecule has 0 saturated carbocycles. The van der Waals surface area contributed by atoms with Crippen LogP contribution < -0.4 is 5.32 Å². The fourth-order valence-corrected chi connectivity index (χ4v) is 4.23. The number of fused-ring (bicyclic) bond motifs is 1. The van der Waals surface area contributed by atoms with E-state index in [9.17, 15) is 4.79 Å². The monoisotopic (exact) mass is 367 g/mol. The van der Waals surface area contributed by atoms with Gasteiger partial charge in [0.15, 0.2) is 5.16 Å². The lowest BCUT2D eigenvalue weighted by atomic mass is 10.2. The number of carbonyl (C=O) groups is 1. The molecule has 1 aliphatic heterocycles. The van der Waals surface area contributed by atoms with Gasteiger partial charge in [-0.05, 0) is 35.9 Å². The molecule has 0 aliphatic carbocycles. The van der Waals surface area contributed by atoms with Crippen molar-refractivity contribution in [2.24, 2.45) is 0 Å². The van der Waals surface area contributed by atoms with Crippen LogP contribution in [0.3, 0.4) is 0 Å². The molecule has 7 nitrogen and oxygen atoms in total. The van der Waals surface area contributed by atoms with Crippen molar-refractivity contribution in [2.75, 3.05) is 12.4 Å². The van der Waals surface area contributed by atoms with Crippen LogP contribution in [0.4, 0.5) is 11.6 Å². The van der Waals surface area contributed by atoms with Gasteiger partial charge in [0.1, 0.15) is 11.6 Å². The van der Waals surface area contributed by atoms with Gasteiger partial charge in [-0.25, -0.2) is 14.8 Å². The highest BCUT2D eigenvalue weighted by Crippen LogP contribution is 2.43. The van der Waals surface area contributed by atoms with Gasteiger partial charge in [-0.1, -0.05) is 12.1 Å². The normalized spacial score (nSPS) is 17.3. The van der Waals surface area contributed by atoms with Crippen molar-refractivity contribution in [3.8, 4) is 0 Å². The van der Waals surface area contributed by atoms with Crippen LogP contribution in [0.1, 0.15) is 5.69 Å². The average molecular weight is 367 g/mol. The molecule has 0 saturated heterocycles. The zero-order valence-electron chi connectivity index (χ0n) is 14.2. The Morgan fingerprint density at radius 1 is 1.27 bits per heavy atom. The number of nitrogens with zero attached hydrogens (tertiary/aromatic N) is 3. The van der Waals surface area contributed by atoms with Gasteiger partial charge in [0, 0.05) is 11.5 Å². The summed E-state index contributed by atoms with van der Waals surface area (Å²) in [5.74, 6) is 1.11. The van der Waals surface area contributed by atoms with Crippen molar-refractivity contribution in [3.63, 3.8) is 0 Å². The predicted octanol–water partition coefficient (Wildman–Crippen LogP) is 3.35. The van der Waals surface area contributed by atoms with Crippen LogP contribution >= 0.6 is 10.9 Å². The summed E-state index contributed by atoms with van der Waals surface area (Å²) in [5.41, 5.74) is 2.26. The number of aromatic nitrogens is 4. The van der Waals surface area contributed by atoms with Gasteiger partial charge in [-0.3, -0.25) is 5.10 Å². The second-order valence-electron chi connectivity index (χ2n) is 5.74. The molecule has 3 heterocycles. The van der Waals surface area contributed by atoms with Crippen LogP contribution in [0.2, 0.25) is 0 Å². The third-order valence-corrected chi connectivity index (χ3v) is 5.58. The lowest BCUT2D eigenvalue weighted by Gasteiger charge is -2.13. The van der Waals surface area contributed by atoms with Crippen molar-refractivity contribution in [3.05, 3.63) is 58.5 Å². The smallest absolute Gasteiger partial charge is 0.338 e. The molecule has 1 aliphatic rings. The summed E-state index contributed by atoms with van der Waals surface area (Å²) in [6, 6.07) is 9.72. The lowest BCUT2D eigenvalue weighted by Crippen LogP contribution is -2.01. The molecule has 0 amide bonds. The Balaban J connectivity index is 1.76. The van der Waals surface area contributed by atoms with E-state index in [2.05, 4.69) is 20.5 Å². The highest BCUT2D eigenvalue weighted by atomic mass is 32.2. The molecule has 3 aromatic rings. The number of methoxy groups -OCH3 is 1. The summed E-state index contributed by atoms with van der Waals surface area (Å²) < 4.78 is 4.78. The first-order valence-electron chi connectivity index (χ1n) is 7.96. The maximum Gasteiger partial charge on any atom is 0.338 e. The van der Waals surface area contributed by atoms with Gasteiger partial charge in [0.05, 0.1) is 23.9 Å². The Kier molecular flexibility index (Phi) is 4.18. The minimum Gasteiger partial charge on any atom is -0.465 e. The van der Waals surface area contributed by atoms with E-state index < -0.39 is 10.9 Å². The number of carbonyl (C=O) groups excluding carboxylic acids is 1. The first-order valence-corrected chi connectivity index (χ1v) is 9.44. The maximum atomic E-state index is 11.7. The topological polar surface area (TPSA) is 92.8 Å². The lowest BCUT2D eigenvalue weighted by molar-refractivity contribution is -0.135. The molecule has 1 aromatic carbocycles. The van der Waals surface area contributed by atoms with E-state index in [0.29, 0.717) is 16.5 Å². The summed E-state index contributed by atoms with van der Waals surface area (Å²) in [5, 5.41) is 15.8. The van der Waals surface area contributed by atoms with Gasteiger partial charge >= 0.3 is 5.97 Å². The van der Waals surface area contributed by atoms with Gasteiger partial charge in [-0.2, -0.15) is 16.0 Å². The second-order valence-corrected chi connectivity index (χ2v) is 7.51. The molecule has 0 bridgehead atoms. The number of rotatable bonds is 4. The van der Waals surface area contributed by atoms with Crippen molar-refractivity contribution >= 4 is 39.4 Å². The maximum absolute atomic E-state index is 11.7. The van der Waals surface area contributed by atoms with E-state index in [1.165, 1.54) is 7.11 Å². The molecule has 4 rings (SSSR count). The fourth-order valence-electron chi connectivity index (χ4n) is 2.65. The van der Waals surface area contributed by atoms with Crippen LogP contribution in [0.25, 0.3) is 10.9 Å². The third kappa shape index (κ3) is 3.06. The fraction of sp³-hybridized carbons (Fsp3) is 0.111. The van der Waals surface area contributed by atoms with E-state index >= 15 is 0 Å². The third-order valence-electron chi connectivity index (χ3n) is 3.90. The number of nitrogens with one attached hydrogen (secondary N) is 2.